The number of carbonyl (C=O) groups excluding carboxylic acids is 2. The van der Waals surface area contributed by atoms with Gasteiger partial charge in [0.25, 0.3) is 0 Å². The third-order valence-corrected chi connectivity index (χ3v) is 14.6. The fourth-order valence-electron chi connectivity index (χ4n) is 11.1. The Labute approximate surface area is 328 Å². The van der Waals surface area contributed by atoms with Gasteiger partial charge in [-0.2, -0.15) is 0 Å². The smallest absolute Gasteiger partial charge is 0.340 e. The minimum absolute atomic E-state index is 0.0588. The Balaban J connectivity index is 1.21. The monoisotopic (exact) mass is 801 g/mol. The van der Waals surface area contributed by atoms with Crippen LogP contribution in [0, 0.1) is 47.3 Å². The van der Waals surface area contributed by atoms with Crippen LogP contribution in [0.3, 0.4) is 0 Å². The van der Waals surface area contributed by atoms with Gasteiger partial charge in [0.1, 0.15) is 48.3 Å². The molecule has 3 heterocycles. The molecule has 18 heteroatoms. The number of piperidine rings is 2. The summed E-state index contributed by atoms with van der Waals surface area (Å²) >= 11 is 0. The zero-order valence-corrected chi connectivity index (χ0v) is 33.0. The van der Waals surface area contributed by atoms with Crippen molar-refractivity contribution in [1.82, 2.24) is 5.32 Å². The van der Waals surface area contributed by atoms with E-state index in [1.807, 2.05) is 5.32 Å². The molecule has 3 saturated carbocycles. The van der Waals surface area contributed by atoms with Crippen LogP contribution in [0.25, 0.3) is 0 Å². The zero-order chi connectivity index (χ0) is 40.5. The van der Waals surface area contributed by atoms with Crippen molar-refractivity contribution in [2.24, 2.45) is 64.5 Å². The quantitative estimate of drug-likeness (QED) is 0.0645. The number of carbonyl (C=O) groups is 2. The van der Waals surface area contributed by atoms with E-state index in [2.05, 4.69) is 15.6 Å². The Morgan fingerprint density at radius 3 is 2.34 bits per heavy atom. The molecule has 6 aliphatic rings. The molecule has 0 bridgehead atoms. The first-order valence-electron chi connectivity index (χ1n) is 20.9. The van der Waals surface area contributed by atoms with E-state index in [1.165, 1.54) is 7.11 Å². The number of aliphatic hydroxyl groups excluding tert-OH is 4. The third-order valence-electron chi connectivity index (χ3n) is 14.6. The number of guanidine groups is 1. The van der Waals surface area contributed by atoms with Crippen LogP contribution in [0.15, 0.2) is 0 Å². The lowest BCUT2D eigenvalue weighted by Gasteiger charge is -2.55. The second-order valence-corrected chi connectivity index (χ2v) is 17.8. The molecule has 13 unspecified atom stereocenters. The summed E-state index contributed by atoms with van der Waals surface area (Å²) in [6.45, 7) is 0.871. The molecule has 0 radical (unpaired) electrons. The van der Waals surface area contributed by atoms with Crippen LogP contribution < -0.4 is 38.1 Å². The molecule has 56 heavy (non-hydrogen) atoms. The lowest BCUT2D eigenvalue weighted by atomic mass is 9.53. The van der Waals surface area contributed by atoms with Crippen molar-refractivity contribution in [3.63, 3.8) is 0 Å². The van der Waals surface area contributed by atoms with Crippen LogP contribution in [0.4, 0.5) is 0 Å². The van der Waals surface area contributed by atoms with Crippen molar-refractivity contribution in [2.45, 2.75) is 131 Å². The summed E-state index contributed by atoms with van der Waals surface area (Å²) in [5, 5.41) is 75.9. The van der Waals surface area contributed by atoms with Crippen molar-refractivity contribution in [3.8, 4) is 0 Å². The Hall–Kier alpha value is -1.91. The van der Waals surface area contributed by atoms with Crippen LogP contribution in [-0.4, -0.2) is 149 Å². The van der Waals surface area contributed by atoms with Gasteiger partial charge in [-0.3, -0.25) is 37.1 Å². The lowest BCUT2D eigenvalue weighted by Crippen LogP contribution is -2.95. The molecule has 0 aromatic heterocycles. The van der Waals surface area contributed by atoms with Crippen LogP contribution >= 0.6 is 0 Å². The van der Waals surface area contributed by atoms with E-state index in [4.69, 9.17) is 31.4 Å². The molecule has 3 aliphatic heterocycles. The molecule has 18 N–H and O–H groups in total. The second kappa shape index (κ2) is 18.1. The number of fused-ring (bicyclic) bond motifs is 2. The van der Waals surface area contributed by atoms with Crippen LogP contribution in [-0.2, 0) is 23.8 Å². The number of nitrogens with two attached hydrogens (primary N) is 5. The van der Waals surface area contributed by atoms with Crippen LogP contribution in [0.1, 0.15) is 70.6 Å². The minimum Gasteiger partial charge on any atom is -0.392 e. The number of ketones is 2. The maximum Gasteiger partial charge on any atom is 0.340 e. The first kappa shape index (κ1) is 43.7. The largest absolute Gasteiger partial charge is 0.392 e. The molecular formula is C38H70N7O11+3. The third kappa shape index (κ3) is 8.69. The van der Waals surface area contributed by atoms with Crippen molar-refractivity contribution in [2.75, 3.05) is 40.4 Å². The number of Topliss-reactive ketones (excluding diaryl/α,β-unsaturated/α-hetero) is 2. The van der Waals surface area contributed by atoms with Gasteiger partial charge < -0.3 is 55.5 Å². The Morgan fingerprint density at radius 2 is 1.68 bits per heavy atom. The SMILES string of the molecule is C[NH+]=C(N)NCC1C(CCC2CCC(N)[NH2+]C2)CC2C(=O)C3CC(OC)CC(O[C@H]4O[C@](O)(CO)[C@](O)(CCC5CC[NH2+]C(N)C5)[C@H](O)[C@H]4O)C3C(=O)C2C1O. The Morgan fingerprint density at radius 1 is 0.929 bits per heavy atom. The number of nitrogens with one attached hydrogen (secondary N) is 2. The number of quaternary nitrogens is 2. The number of hydrogen-bond acceptors (Lipinski definition) is 13. The summed E-state index contributed by atoms with van der Waals surface area (Å²) in [6.07, 6.45) is -2.47. The molecule has 3 aliphatic carbocycles. The second-order valence-electron chi connectivity index (χ2n) is 17.8. The first-order chi connectivity index (χ1) is 26.6. The molecule has 0 amide bonds. The summed E-state index contributed by atoms with van der Waals surface area (Å²) < 4.78 is 17.8. The predicted molar refractivity (Wildman–Crippen MR) is 198 cm³/mol. The average molecular weight is 801 g/mol. The predicted octanol–water partition coefficient (Wildman–Crippen LogP) is -7.02. The van der Waals surface area contributed by atoms with E-state index in [0.29, 0.717) is 37.7 Å². The van der Waals surface area contributed by atoms with E-state index in [9.17, 15) is 40.2 Å². The van der Waals surface area contributed by atoms with Gasteiger partial charge in [0.15, 0.2) is 6.29 Å². The van der Waals surface area contributed by atoms with Crippen LogP contribution in [0.2, 0.25) is 0 Å². The Bertz CT molecular complexity index is 1390. The van der Waals surface area contributed by atoms with Gasteiger partial charge in [-0.05, 0) is 63.2 Å². The van der Waals surface area contributed by atoms with Gasteiger partial charge in [0, 0.05) is 50.0 Å². The van der Waals surface area contributed by atoms with Crippen molar-refractivity contribution < 1.29 is 70.1 Å². The number of rotatable bonds is 12. The number of hydrogen-bond donors (Lipinski definition) is 13. The maximum absolute atomic E-state index is 14.8. The summed E-state index contributed by atoms with van der Waals surface area (Å²) in [5.41, 5.74) is 15.8. The van der Waals surface area contributed by atoms with Gasteiger partial charge in [-0.25, -0.2) is 0 Å². The number of methoxy groups -OCH3 is 1. The molecule has 0 aromatic rings. The highest BCUT2D eigenvalue weighted by Gasteiger charge is 2.65. The highest BCUT2D eigenvalue weighted by Crippen LogP contribution is 2.52. The summed E-state index contributed by atoms with van der Waals surface area (Å²) in [4.78, 5) is 32.2. The number of aliphatic hydroxyl groups is 6. The molecule has 320 valence electrons. The highest BCUT2D eigenvalue weighted by molar-refractivity contribution is 6.00. The normalized spacial score (nSPS) is 47.6. The maximum atomic E-state index is 14.8. The van der Waals surface area contributed by atoms with Crippen molar-refractivity contribution >= 4 is 17.5 Å². The van der Waals surface area contributed by atoms with Gasteiger partial charge in [0.2, 0.25) is 5.79 Å². The molecule has 0 aromatic carbocycles. The molecule has 6 rings (SSSR count). The molecule has 0 spiro atoms. The summed E-state index contributed by atoms with van der Waals surface area (Å²) in [7, 11) is 3.18. The topological polar surface area (TPSA) is 320 Å². The van der Waals surface area contributed by atoms with E-state index in [0.717, 1.165) is 45.2 Å². The zero-order valence-electron chi connectivity index (χ0n) is 33.0. The number of ether oxygens (including phenoxy) is 3. The van der Waals surface area contributed by atoms with Crippen molar-refractivity contribution in [3.05, 3.63) is 0 Å². The lowest BCUT2D eigenvalue weighted by molar-refractivity contribution is -0.703. The summed E-state index contributed by atoms with van der Waals surface area (Å²) in [5.74, 6) is -6.38. The highest BCUT2D eigenvalue weighted by atomic mass is 16.8. The molecule has 18 nitrogen and oxygen atoms in total. The first-order valence-corrected chi connectivity index (χ1v) is 20.9. The van der Waals surface area contributed by atoms with Crippen molar-refractivity contribution in [1.29, 1.82) is 0 Å². The van der Waals surface area contributed by atoms with E-state index < -0.39 is 78.5 Å². The fourth-order valence-corrected chi connectivity index (χ4v) is 11.1. The average Bonchev–Trinajstić information content (AvgIpc) is 3.19. The van der Waals surface area contributed by atoms with E-state index in [-0.39, 0.29) is 60.9 Å². The minimum atomic E-state index is -2.74. The Kier molecular flexibility index (Phi) is 14.2. The standard InChI is InChI=1S/C38H67N7O11/c1-42-36(41)45-16-24-20(5-3-19-4-6-26(39)44-15-19)12-22-29(31(24)48)32(49)28-23(30(22)47)13-21(54-2)14-25(28)55-35-33(50)34(51)37(52,38(53,17-46)56-35)9-7-18-8-10-43-27(40)11-18/h18-29,31,33-35,43-44,46,48,50-53H,3-17,39-40H2,1-2H3,(H3,41,42,45)/p+3/t18?,19?,20?,21?,22?,23?,24?,25?,26?,27?,28?,29?,31?,33-,34-,35+,37+,38-/m1/s1. The van der Waals surface area contributed by atoms with E-state index >= 15 is 0 Å². The molecular weight excluding hydrogens is 730 g/mol. The van der Waals surface area contributed by atoms with E-state index in [1.54, 1.807) is 7.05 Å². The molecule has 3 saturated heterocycles. The van der Waals surface area contributed by atoms with Crippen LogP contribution in [0.5, 0.6) is 0 Å². The molecule has 6 fully saturated rings. The van der Waals surface area contributed by atoms with Gasteiger partial charge in [-0.15, -0.1) is 0 Å². The van der Waals surface area contributed by atoms with Gasteiger partial charge >= 0.3 is 5.96 Å². The molecule has 18 atom stereocenters. The van der Waals surface area contributed by atoms with Gasteiger partial charge in [-0.1, -0.05) is 0 Å². The fraction of sp³-hybridized carbons (Fsp3) is 0.921. The summed E-state index contributed by atoms with van der Waals surface area (Å²) in [6, 6.07) is 0. The van der Waals surface area contributed by atoms with Gasteiger partial charge in [0.05, 0.1) is 56.8 Å².